The van der Waals surface area contributed by atoms with Crippen molar-refractivity contribution in [3.05, 3.63) is 53.4 Å². The fourth-order valence-electron chi connectivity index (χ4n) is 4.74. The van der Waals surface area contributed by atoms with Crippen LogP contribution in [-0.4, -0.2) is 33.4 Å². The first kappa shape index (κ1) is 15.2. The Balaban J connectivity index is 1.44. The number of hydrogen-bond donors (Lipinski definition) is 2. The molecular weight excluding hydrogens is 336 g/mol. The van der Waals surface area contributed by atoms with E-state index in [2.05, 4.69) is 32.2 Å². The molecule has 3 aromatic rings. The molecule has 1 aliphatic heterocycles. The van der Waals surface area contributed by atoms with Crippen molar-refractivity contribution in [3.8, 4) is 0 Å². The van der Waals surface area contributed by atoms with Gasteiger partial charge in [0.25, 0.3) is 0 Å². The van der Waals surface area contributed by atoms with E-state index in [1.807, 2.05) is 24.5 Å². The molecular formula is C19H19ClN4O. The predicted octanol–water partition coefficient (Wildman–Crippen LogP) is 3.35. The van der Waals surface area contributed by atoms with Gasteiger partial charge in [0.05, 0.1) is 17.3 Å². The van der Waals surface area contributed by atoms with Crippen molar-refractivity contribution in [1.82, 2.24) is 15.2 Å². The Morgan fingerprint density at radius 3 is 2.60 bits per heavy atom. The third-order valence-corrected chi connectivity index (χ3v) is 6.05. The summed E-state index contributed by atoms with van der Waals surface area (Å²) < 4.78 is 0. The highest BCUT2D eigenvalue weighted by Gasteiger charge is 2.49. The van der Waals surface area contributed by atoms with Crippen LogP contribution in [0.2, 0.25) is 5.02 Å². The number of benzene rings is 1. The van der Waals surface area contributed by atoms with E-state index in [0.29, 0.717) is 16.9 Å². The molecule has 1 aromatic carbocycles. The van der Waals surface area contributed by atoms with E-state index < -0.39 is 5.60 Å². The maximum Gasteiger partial charge on any atom is 0.0911 e. The predicted molar refractivity (Wildman–Crippen MR) is 97.7 cm³/mol. The average Bonchev–Trinajstić information content (AvgIpc) is 3.28. The number of aliphatic hydroxyl groups is 1. The molecule has 128 valence electrons. The highest BCUT2D eigenvalue weighted by molar-refractivity contribution is 6.31. The van der Waals surface area contributed by atoms with Crippen LogP contribution in [0.25, 0.3) is 10.9 Å². The normalized spacial score (nSPS) is 28.6. The molecule has 1 aliphatic carbocycles. The smallest absolute Gasteiger partial charge is 0.0911 e. The van der Waals surface area contributed by atoms with Crippen LogP contribution in [0, 0.1) is 11.8 Å². The fraction of sp³-hybridized carbons (Fsp3) is 0.368. The molecule has 3 atom stereocenters. The summed E-state index contributed by atoms with van der Waals surface area (Å²) >= 11 is 6.27. The van der Waals surface area contributed by atoms with E-state index in [1.165, 1.54) is 5.69 Å². The largest absolute Gasteiger partial charge is 0.385 e. The standard InChI is InChI=1S/C19H19ClN4O/c20-14-5-17(16-9-22-23-18(16)6-14)19(25)7-12-10-24(11-13(12)8-19)15-1-3-21-4-2-15/h1-6,9,12-13,25H,7-8,10-11H2,(H,22,23)/t12-,13+,19+. The first-order chi connectivity index (χ1) is 12.1. The zero-order chi connectivity index (χ0) is 17.0. The topological polar surface area (TPSA) is 65.0 Å². The van der Waals surface area contributed by atoms with Gasteiger partial charge in [0, 0.05) is 41.6 Å². The van der Waals surface area contributed by atoms with E-state index in [9.17, 15) is 5.11 Å². The number of nitrogens with one attached hydrogen (secondary N) is 1. The second-order valence-electron chi connectivity index (χ2n) is 7.35. The molecule has 0 unspecified atom stereocenters. The van der Waals surface area contributed by atoms with Crippen molar-refractivity contribution < 1.29 is 5.11 Å². The fourth-order valence-corrected chi connectivity index (χ4v) is 4.96. The first-order valence-corrected chi connectivity index (χ1v) is 9.01. The summed E-state index contributed by atoms with van der Waals surface area (Å²) in [5.41, 5.74) is 2.18. The minimum Gasteiger partial charge on any atom is -0.385 e. The minimum atomic E-state index is -0.827. The molecule has 2 fully saturated rings. The van der Waals surface area contributed by atoms with E-state index in [-0.39, 0.29) is 0 Å². The van der Waals surface area contributed by atoms with Gasteiger partial charge in [-0.3, -0.25) is 10.1 Å². The van der Waals surface area contributed by atoms with Gasteiger partial charge in [-0.05, 0) is 54.5 Å². The second-order valence-corrected chi connectivity index (χ2v) is 7.79. The van der Waals surface area contributed by atoms with Crippen LogP contribution in [0.5, 0.6) is 0 Å². The van der Waals surface area contributed by atoms with E-state index in [0.717, 1.165) is 42.4 Å². The molecule has 2 aromatic heterocycles. The van der Waals surface area contributed by atoms with Crippen molar-refractivity contribution in [3.63, 3.8) is 0 Å². The number of H-pyrrole nitrogens is 1. The monoisotopic (exact) mass is 354 g/mol. The lowest BCUT2D eigenvalue weighted by molar-refractivity contribution is 0.0381. The molecule has 1 saturated heterocycles. The van der Waals surface area contributed by atoms with Crippen LogP contribution in [0.1, 0.15) is 18.4 Å². The van der Waals surface area contributed by atoms with Gasteiger partial charge < -0.3 is 10.0 Å². The van der Waals surface area contributed by atoms with Crippen LogP contribution in [0.15, 0.2) is 42.9 Å². The van der Waals surface area contributed by atoms with E-state index in [4.69, 9.17) is 11.6 Å². The molecule has 2 aliphatic rings. The Kier molecular flexibility index (Phi) is 3.30. The van der Waals surface area contributed by atoms with E-state index >= 15 is 0 Å². The molecule has 3 heterocycles. The highest BCUT2D eigenvalue weighted by Crippen LogP contribution is 2.51. The minimum absolute atomic E-state index is 0.485. The van der Waals surface area contributed by atoms with Crippen molar-refractivity contribution in [2.75, 3.05) is 18.0 Å². The Labute approximate surface area is 150 Å². The van der Waals surface area contributed by atoms with Crippen molar-refractivity contribution in [1.29, 1.82) is 0 Å². The number of halogens is 1. The summed E-state index contributed by atoms with van der Waals surface area (Å²) in [4.78, 5) is 6.50. The number of pyridine rings is 1. The number of aromatic nitrogens is 3. The van der Waals surface area contributed by atoms with Crippen LogP contribution in [0.3, 0.4) is 0 Å². The summed E-state index contributed by atoms with van der Waals surface area (Å²) in [6.07, 6.45) is 6.98. The summed E-state index contributed by atoms with van der Waals surface area (Å²) in [7, 11) is 0. The molecule has 5 rings (SSSR count). The molecule has 2 N–H and O–H groups in total. The second kappa shape index (κ2) is 5.44. The molecule has 25 heavy (non-hydrogen) atoms. The molecule has 0 amide bonds. The molecule has 1 saturated carbocycles. The lowest BCUT2D eigenvalue weighted by Crippen LogP contribution is -2.28. The van der Waals surface area contributed by atoms with Crippen LogP contribution in [0.4, 0.5) is 5.69 Å². The van der Waals surface area contributed by atoms with Crippen LogP contribution >= 0.6 is 11.6 Å². The van der Waals surface area contributed by atoms with Gasteiger partial charge in [0.2, 0.25) is 0 Å². The van der Waals surface area contributed by atoms with Gasteiger partial charge >= 0.3 is 0 Å². The average molecular weight is 355 g/mol. The third-order valence-electron chi connectivity index (χ3n) is 5.83. The van der Waals surface area contributed by atoms with Gasteiger partial charge in [-0.25, -0.2) is 0 Å². The van der Waals surface area contributed by atoms with Gasteiger partial charge in [-0.1, -0.05) is 11.6 Å². The number of aromatic amines is 1. The summed E-state index contributed by atoms with van der Waals surface area (Å²) in [6.45, 7) is 1.96. The van der Waals surface area contributed by atoms with Gasteiger partial charge in [-0.15, -0.1) is 0 Å². The zero-order valence-corrected chi connectivity index (χ0v) is 14.4. The zero-order valence-electron chi connectivity index (χ0n) is 13.7. The summed E-state index contributed by atoms with van der Waals surface area (Å²) in [6, 6.07) is 7.87. The first-order valence-electron chi connectivity index (χ1n) is 8.63. The van der Waals surface area contributed by atoms with Gasteiger partial charge in [0.1, 0.15) is 0 Å². The van der Waals surface area contributed by atoms with Crippen LogP contribution in [-0.2, 0) is 5.60 Å². The van der Waals surface area contributed by atoms with Gasteiger partial charge in [0.15, 0.2) is 0 Å². The lowest BCUT2D eigenvalue weighted by atomic mass is 9.88. The number of fused-ring (bicyclic) bond motifs is 2. The van der Waals surface area contributed by atoms with Crippen molar-refractivity contribution in [2.24, 2.45) is 11.8 Å². The van der Waals surface area contributed by atoms with Crippen molar-refractivity contribution >= 4 is 28.2 Å². The highest BCUT2D eigenvalue weighted by atomic mass is 35.5. The molecule has 0 bridgehead atoms. The SMILES string of the molecule is O[C@]1(c2cc(Cl)cc3[nH]ncc23)C[C@H]2CN(c3ccncc3)C[C@H]2C1. The molecule has 0 spiro atoms. The maximum absolute atomic E-state index is 11.4. The van der Waals surface area contributed by atoms with Crippen molar-refractivity contribution in [2.45, 2.75) is 18.4 Å². The molecule has 0 radical (unpaired) electrons. The number of rotatable bonds is 2. The van der Waals surface area contributed by atoms with Crippen LogP contribution < -0.4 is 4.90 Å². The Bertz CT molecular complexity index is 912. The Morgan fingerprint density at radius 2 is 1.88 bits per heavy atom. The number of anilines is 1. The summed E-state index contributed by atoms with van der Waals surface area (Å²) in [5.74, 6) is 0.971. The molecule has 6 heteroatoms. The lowest BCUT2D eigenvalue weighted by Gasteiger charge is -2.28. The van der Waals surface area contributed by atoms with Gasteiger partial charge in [-0.2, -0.15) is 5.10 Å². The third kappa shape index (κ3) is 2.41. The Morgan fingerprint density at radius 1 is 1.16 bits per heavy atom. The quantitative estimate of drug-likeness (QED) is 0.740. The maximum atomic E-state index is 11.4. The van der Waals surface area contributed by atoms with E-state index in [1.54, 1.807) is 6.20 Å². The molecule has 5 nitrogen and oxygen atoms in total. The summed E-state index contributed by atoms with van der Waals surface area (Å²) in [5, 5.41) is 20.1. The Hall–Kier alpha value is -2.11. The number of hydrogen-bond acceptors (Lipinski definition) is 4. The number of nitrogens with zero attached hydrogens (tertiary/aromatic N) is 3.